The van der Waals surface area contributed by atoms with E-state index in [4.69, 9.17) is 5.73 Å². The van der Waals surface area contributed by atoms with Crippen molar-refractivity contribution < 1.29 is 4.79 Å². The summed E-state index contributed by atoms with van der Waals surface area (Å²) in [5.74, 6) is -0.119. The predicted molar refractivity (Wildman–Crippen MR) is 86.9 cm³/mol. The minimum absolute atomic E-state index is 0. The van der Waals surface area contributed by atoms with Crippen LogP contribution in [0.1, 0.15) is 45.7 Å². The third-order valence-electron chi connectivity index (χ3n) is 3.14. The Morgan fingerprint density at radius 3 is 2.25 bits per heavy atom. The van der Waals surface area contributed by atoms with Gasteiger partial charge < -0.3 is 11.1 Å². The number of rotatable bonds is 5. The molecule has 114 valence electrons. The van der Waals surface area contributed by atoms with Gasteiger partial charge in [0, 0.05) is 12.5 Å². The zero-order chi connectivity index (χ0) is 14.5. The monoisotopic (exact) mass is 298 g/mol. The van der Waals surface area contributed by atoms with Gasteiger partial charge in [-0.3, -0.25) is 4.79 Å². The minimum atomic E-state index is -0.147. The van der Waals surface area contributed by atoms with E-state index < -0.39 is 0 Å². The van der Waals surface area contributed by atoms with Crippen LogP contribution in [0.2, 0.25) is 0 Å². The molecule has 0 saturated carbocycles. The third-order valence-corrected chi connectivity index (χ3v) is 3.14. The number of halogens is 1. The highest BCUT2D eigenvalue weighted by molar-refractivity contribution is 5.85. The first kappa shape index (κ1) is 18.9. The van der Waals surface area contributed by atoms with Crippen LogP contribution in [-0.2, 0) is 4.79 Å². The van der Waals surface area contributed by atoms with E-state index in [1.165, 1.54) is 0 Å². The molecule has 0 aliphatic heterocycles. The van der Waals surface area contributed by atoms with Crippen LogP contribution in [0.15, 0.2) is 30.3 Å². The predicted octanol–water partition coefficient (Wildman–Crippen LogP) is 3.30. The van der Waals surface area contributed by atoms with Crippen LogP contribution < -0.4 is 11.1 Å². The Balaban J connectivity index is 0.00000361. The first-order valence-corrected chi connectivity index (χ1v) is 6.89. The molecule has 3 N–H and O–H groups in total. The highest BCUT2D eigenvalue weighted by Gasteiger charge is 2.23. The number of nitrogens with one attached hydrogen (secondary N) is 1. The minimum Gasteiger partial charge on any atom is -0.349 e. The largest absolute Gasteiger partial charge is 0.349 e. The molecule has 20 heavy (non-hydrogen) atoms. The second kappa shape index (κ2) is 8.28. The number of carbonyl (C=O) groups is 1. The van der Waals surface area contributed by atoms with Gasteiger partial charge in [-0.25, -0.2) is 0 Å². The molecule has 0 aliphatic rings. The summed E-state index contributed by atoms with van der Waals surface area (Å²) in [7, 11) is 0. The molecule has 1 aromatic rings. The van der Waals surface area contributed by atoms with Crippen molar-refractivity contribution in [3.63, 3.8) is 0 Å². The van der Waals surface area contributed by atoms with Crippen LogP contribution in [0.25, 0.3) is 0 Å². The highest BCUT2D eigenvalue weighted by Crippen LogP contribution is 2.29. The van der Waals surface area contributed by atoms with E-state index in [2.05, 4.69) is 38.2 Å². The first-order chi connectivity index (χ1) is 8.83. The van der Waals surface area contributed by atoms with Gasteiger partial charge in [0.05, 0.1) is 6.04 Å². The second-order valence-corrected chi connectivity index (χ2v) is 6.37. The molecule has 2 unspecified atom stereocenters. The molecule has 0 aromatic heterocycles. The topological polar surface area (TPSA) is 55.1 Å². The molecule has 1 amide bonds. The third kappa shape index (κ3) is 6.40. The number of hydrogen-bond donors (Lipinski definition) is 2. The maximum absolute atomic E-state index is 12.1. The average molecular weight is 299 g/mol. The van der Waals surface area contributed by atoms with Crippen molar-refractivity contribution in [2.45, 2.75) is 40.2 Å². The summed E-state index contributed by atoms with van der Waals surface area (Å²) in [6, 6.07) is 10.2. The van der Waals surface area contributed by atoms with Gasteiger partial charge in [0.2, 0.25) is 5.91 Å². The summed E-state index contributed by atoms with van der Waals surface area (Å²) in [5, 5.41) is 3.12. The fourth-order valence-electron chi connectivity index (χ4n) is 1.97. The summed E-state index contributed by atoms with van der Waals surface area (Å²) in [6.45, 7) is 8.78. The highest BCUT2D eigenvalue weighted by atomic mass is 35.5. The van der Waals surface area contributed by atoms with E-state index in [0.717, 1.165) is 12.0 Å². The Morgan fingerprint density at radius 2 is 1.80 bits per heavy atom. The van der Waals surface area contributed by atoms with Crippen molar-refractivity contribution in [1.82, 2.24) is 5.32 Å². The van der Waals surface area contributed by atoms with E-state index >= 15 is 0 Å². The zero-order valence-corrected chi connectivity index (χ0v) is 13.7. The summed E-state index contributed by atoms with van der Waals surface area (Å²) < 4.78 is 0. The number of carbonyl (C=O) groups excluding carboxylic acids is 1. The number of hydrogen-bond acceptors (Lipinski definition) is 2. The Labute approximate surface area is 128 Å². The van der Waals surface area contributed by atoms with Crippen LogP contribution in [-0.4, -0.2) is 12.5 Å². The van der Waals surface area contributed by atoms with Crippen LogP contribution >= 0.6 is 12.4 Å². The molecule has 1 rings (SSSR count). The maximum atomic E-state index is 12.1. The standard InChI is InChI=1S/C16H26N2O.ClH/c1-12(11-17)15(19)18-14(10-16(2,3)4)13-8-6-5-7-9-13;/h5-9,12,14H,10-11,17H2,1-4H3,(H,18,19);1H. The van der Waals surface area contributed by atoms with Crippen LogP contribution in [0, 0.1) is 11.3 Å². The fourth-order valence-corrected chi connectivity index (χ4v) is 1.97. The molecule has 0 spiro atoms. The molecular formula is C16H27ClN2O. The van der Waals surface area contributed by atoms with Gasteiger partial charge in [0.25, 0.3) is 0 Å². The lowest BCUT2D eigenvalue weighted by atomic mass is 9.85. The SMILES string of the molecule is CC(CN)C(=O)NC(CC(C)(C)C)c1ccccc1.Cl. The van der Waals surface area contributed by atoms with Crippen molar-refractivity contribution in [1.29, 1.82) is 0 Å². The molecule has 0 saturated heterocycles. The molecule has 1 aromatic carbocycles. The smallest absolute Gasteiger partial charge is 0.224 e. The second-order valence-electron chi connectivity index (χ2n) is 6.37. The molecule has 3 nitrogen and oxygen atoms in total. The normalized spacial score (nSPS) is 14.1. The van der Waals surface area contributed by atoms with Crippen LogP contribution in [0.5, 0.6) is 0 Å². The van der Waals surface area contributed by atoms with Crippen molar-refractivity contribution in [2.75, 3.05) is 6.54 Å². The van der Waals surface area contributed by atoms with Gasteiger partial charge in [-0.2, -0.15) is 0 Å². The number of benzene rings is 1. The molecular weight excluding hydrogens is 272 g/mol. The van der Waals surface area contributed by atoms with Crippen LogP contribution in [0.4, 0.5) is 0 Å². The number of amides is 1. The van der Waals surface area contributed by atoms with Crippen molar-refractivity contribution >= 4 is 18.3 Å². The Kier molecular flexibility index (Phi) is 7.84. The molecule has 4 heteroatoms. The van der Waals surface area contributed by atoms with E-state index in [9.17, 15) is 4.79 Å². The van der Waals surface area contributed by atoms with E-state index in [1.807, 2.05) is 25.1 Å². The fraction of sp³-hybridized carbons (Fsp3) is 0.562. The Hall–Kier alpha value is -1.06. The first-order valence-electron chi connectivity index (χ1n) is 6.89. The van der Waals surface area contributed by atoms with Crippen molar-refractivity contribution in [3.05, 3.63) is 35.9 Å². The lowest BCUT2D eigenvalue weighted by molar-refractivity contribution is -0.125. The Bertz CT molecular complexity index is 401. The molecule has 0 radical (unpaired) electrons. The van der Waals surface area contributed by atoms with Gasteiger partial charge in [0.15, 0.2) is 0 Å². The molecule has 0 fully saturated rings. The molecule has 0 bridgehead atoms. The average Bonchev–Trinajstić information content (AvgIpc) is 2.36. The lowest BCUT2D eigenvalue weighted by Gasteiger charge is -2.28. The molecule has 2 atom stereocenters. The van der Waals surface area contributed by atoms with E-state index in [-0.39, 0.29) is 35.7 Å². The van der Waals surface area contributed by atoms with Gasteiger partial charge in [-0.1, -0.05) is 58.0 Å². The van der Waals surface area contributed by atoms with Crippen molar-refractivity contribution in [3.8, 4) is 0 Å². The molecule has 0 heterocycles. The summed E-state index contributed by atoms with van der Waals surface area (Å²) in [6.07, 6.45) is 0.903. The van der Waals surface area contributed by atoms with Gasteiger partial charge >= 0.3 is 0 Å². The van der Waals surface area contributed by atoms with E-state index in [1.54, 1.807) is 0 Å². The van der Waals surface area contributed by atoms with Gasteiger partial charge in [0.1, 0.15) is 0 Å². The molecule has 0 aliphatic carbocycles. The van der Waals surface area contributed by atoms with Gasteiger partial charge in [-0.15, -0.1) is 12.4 Å². The quantitative estimate of drug-likeness (QED) is 0.876. The van der Waals surface area contributed by atoms with Gasteiger partial charge in [-0.05, 0) is 17.4 Å². The summed E-state index contributed by atoms with van der Waals surface area (Å²) >= 11 is 0. The van der Waals surface area contributed by atoms with Crippen molar-refractivity contribution in [2.24, 2.45) is 17.1 Å². The zero-order valence-electron chi connectivity index (χ0n) is 12.8. The summed E-state index contributed by atoms with van der Waals surface area (Å²) in [4.78, 5) is 12.1. The summed E-state index contributed by atoms with van der Waals surface area (Å²) in [5.41, 5.74) is 6.85. The van der Waals surface area contributed by atoms with Crippen LogP contribution in [0.3, 0.4) is 0 Å². The van der Waals surface area contributed by atoms with E-state index in [0.29, 0.717) is 6.54 Å². The Morgan fingerprint density at radius 1 is 1.25 bits per heavy atom. The number of nitrogens with two attached hydrogens (primary N) is 1. The lowest BCUT2D eigenvalue weighted by Crippen LogP contribution is -2.37. The maximum Gasteiger partial charge on any atom is 0.224 e.